The number of carboxylic acid groups (broad SMARTS) is 1. The highest BCUT2D eigenvalue weighted by atomic mass is 79.9. The van der Waals surface area contributed by atoms with Gasteiger partial charge in [-0.2, -0.15) is 0 Å². The average Bonchev–Trinajstić information content (AvgIpc) is 3.55. The van der Waals surface area contributed by atoms with Crippen LogP contribution in [0.25, 0.3) is 0 Å². The Labute approximate surface area is 199 Å². The number of rotatable bonds is 6. The molecule has 1 aromatic heterocycles. The molecule has 0 radical (unpaired) electrons. The van der Waals surface area contributed by atoms with Crippen molar-refractivity contribution in [2.45, 2.75) is 18.8 Å². The largest absolute Gasteiger partial charge is 0.478 e. The van der Waals surface area contributed by atoms with Crippen molar-refractivity contribution in [1.82, 2.24) is 4.98 Å². The van der Waals surface area contributed by atoms with Gasteiger partial charge in [-0.25, -0.2) is 9.78 Å². The maximum Gasteiger partial charge on any atom is 0.335 e. The molecule has 2 heterocycles. The number of halogens is 1. The Balaban J connectivity index is 1.35. The SMILES string of the molecule is O=C(O)c1ccc(N2CCN(c3ccccc3Br)CC2)c(NC(=O)c2coc(C3CC3)n2)c1. The number of amides is 1. The minimum absolute atomic E-state index is 0.111. The molecule has 0 spiro atoms. The van der Waals surface area contributed by atoms with Crippen molar-refractivity contribution < 1.29 is 19.1 Å². The standard InChI is InChI=1S/C24H23BrN4O4/c25-17-3-1-2-4-20(17)28-9-11-29(12-10-28)21-8-7-16(24(31)32)13-18(21)26-22(30)19-14-33-23(27-19)15-5-6-15/h1-4,7-8,13-15H,5-6,9-12H2,(H,26,30)(H,31,32). The summed E-state index contributed by atoms with van der Waals surface area (Å²) >= 11 is 3.62. The molecule has 0 atom stereocenters. The van der Waals surface area contributed by atoms with Gasteiger partial charge in [0.2, 0.25) is 0 Å². The molecule has 33 heavy (non-hydrogen) atoms. The fourth-order valence-corrected chi connectivity index (χ4v) is 4.57. The first-order valence-corrected chi connectivity index (χ1v) is 11.7. The Morgan fingerprint density at radius 3 is 2.39 bits per heavy atom. The summed E-state index contributed by atoms with van der Waals surface area (Å²) < 4.78 is 6.48. The second kappa shape index (κ2) is 8.90. The molecule has 3 aromatic rings. The number of aromatic nitrogens is 1. The topological polar surface area (TPSA) is 98.9 Å². The van der Waals surface area contributed by atoms with E-state index in [0.29, 0.717) is 17.5 Å². The van der Waals surface area contributed by atoms with Crippen LogP contribution in [-0.4, -0.2) is 48.1 Å². The molecule has 9 heteroatoms. The molecular formula is C24H23BrN4O4. The highest BCUT2D eigenvalue weighted by molar-refractivity contribution is 9.10. The van der Waals surface area contributed by atoms with Crippen molar-refractivity contribution in [3.8, 4) is 0 Å². The highest BCUT2D eigenvalue weighted by Gasteiger charge is 2.30. The fraction of sp³-hybridized carbons (Fsp3) is 0.292. The van der Waals surface area contributed by atoms with Gasteiger partial charge in [0, 0.05) is 36.6 Å². The number of hydrogen-bond donors (Lipinski definition) is 2. The van der Waals surface area contributed by atoms with Crippen molar-refractivity contribution in [2.75, 3.05) is 41.3 Å². The lowest BCUT2D eigenvalue weighted by Crippen LogP contribution is -2.47. The number of carbonyl (C=O) groups is 2. The molecule has 1 amide bonds. The van der Waals surface area contributed by atoms with Gasteiger partial charge in [-0.3, -0.25) is 4.79 Å². The minimum Gasteiger partial charge on any atom is -0.478 e. The van der Waals surface area contributed by atoms with Crippen LogP contribution in [0, 0.1) is 0 Å². The molecule has 8 nitrogen and oxygen atoms in total. The van der Waals surface area contributed by atoms with Crippen LogP contribution in [-0.2, 0) is 0 Å². The van der Waals surface area contributed by atoms with Crippen molar-refractivity contribution in [1.29, 1.82) is 0 Å². The summed E-state index contributed by atoms with van der Waals surface area (Å²) in [6, 6.07) is 12.9. The molecule has 2 fully saturated rings. The summed E-state index contributed by atoms with van der Waals surface area (Å²) in [5.41, 5.74) is 2.68. The third kappa shape index (κ3) is 4.59. The van der Waals surface area contributed by atoms with Crippen LogP contribution in [0.4, 0.5) is 17.1 Å². The smallest absolute Gasteiger partial charge is 0.335 e. The number of para-hydroxylation sites is 1. The van der Waals surface area contributed by atoms with Crippen molar-refractivity contribution >= 4 is 44.9 Å². The zero-order valence-electron chi connectivity index (χ0n) is 17.8. The number of carboxylic acids is 1. The molecule has 170 valence electrons. The van der Waals surface area contributed by atoms with Gasteiger partial charge in [-0.05, 0) is 59.1 Å². The molecule has 1 saturated carbocycles. The molecule has 0 bridgehead atoms. The van der Waals surface area contributed by atoms with E-state index < -0.39 is 11.9 Å². The third-order valence-electron chi connectivity index (χ3n) is 5.99. The van der Waals surface area contributed by atoms with Gasteiger partial charge in [-0.15, -0.1) is 0 Å². The van der Waals surface area contributed by atoms with E-state index in [2.05, 4.69) is 42.1 Å². The zero-order valence-corrected chi connectivity index (χ0v) is 19.4. The quantitative estimate of drug-likeness (QED) is 0.500. The summed E-state index contributed by atoms with van der Waals surface area (Å²) in [6.07, 6.45) is 3.41. The van der Waals surface area contributed by atoms with Gasteiger partial charge in [0.05, 0.1) is 22.6 Å². The number of nitrogens with zero attached hydrogens (tertiary/aromatic N) is 3. The maximum atomic E-state index is 12.8. The normalized spacial score (nSPS) is 16.0. The van der Waals surface area contributed by atoms with Crippen LogP contribution in [0.5, 0.6) is 0 Å². The van der Waals surface area contributed by atoms with Gasteiger partial charge in [0.1, 0.15) is 6.26 Å². The molecule has 0 unspecified atom stereocenters. The van der Waals surface area contributed by atoms with Crippen LogP contribution in [0.15, 0.2) is 57.6 Å². The maximum absolute atomic E-state index is 12.8. The van der Waals surface area contributed by atoms with Crippen LogP contribution in [0.1, 0.15) is 45.5 Å². The van der Waals surface area contributed by atoms with Crippen molar-refractivity contribution in [2.24, 2.45) is 0 Å². The van der Waals surface area contributed by atoms with E-state index in [0.717, 1.165) is 54.9 Å². The third-order valence-corrected chi connectivity index (χ3v) is 6.66. The average molecular weight is 511 g/mol. The zero-order chi connectivity index (χ0) is 22.9. The lowest BCUT2D eigenvalue weighted by atomic mass is 10.1. The number of aromatic carboxylic acids is 1. The van der Waals surface area contributed by atoms with Crippen molar-refractivity contribution in [3.63, 3.8) is 0 Å². The number of benzene rings is 2. The summed E-state index contributed by atoms with van der Waals surface area (Å²) in [6.45, 7) is 3.05. The Hall–Kier alpha value is -3.33. The van der Waals surface area contributed by atoms with Gasteiger partial charge in [-0.1, -0.05) is 12.1 Å². The molecule has 5 rings (SSSR count). The summed E-state index contributed by atoms with van der Waals surface area (Å²) in [5, 5.41) is 12.3. The predicted molar refractivity (Wildman–Crippen MR) is 128 cm³/mol. The molecule has 2 aliphatic rings. The van der Waals surface area contributed by atoms with E-state index in [9.17, 15) is 14.7 Å². The van der Waals surface area contributed by atoms with E-state index in [1.54, 1.807) is 12.1 Å². The monoisotopic (exact) mass is 510 g/mol. The van der Waals surface area contributed by atoms with Crippen LogP contribution in [0.2, 0.25) is 0 Å². The van der Waals surface area contributed by atoms with E-state index in [4.69, 9.17) is 4.42 Å². The van der Waals surface area contributed by atoms with Gasteiger partial charge < -0.3 is 24.6 Å². The minimum atomic E-state index is -1.05. The molecule has 1 aliphatic carbocycles. The first kappa shape index (κ1) is 21.5. The Morgan fingerprint density at radius 2 is 1.73 bits per heavy atom. The first-order chi connectivity index (χ1) is 16.0. The van der Waals surface area contributed by atoms with Gasteiger partial charge in [0.25, 0.3) is 5.91 Å². The second-order valence-electron chi connectivity index (χ2n) is 8.26. The Kier molecular flexibility index (Phi) is 5.80. The molecular weight excluding hydrogens is 488 g/mol. The Bertz CT molecular complexity index is 1200. The number of anilines is 3. The van der Waals surface area contributed by atoms with Crippen molar-refractivity contribution in [3.05, 3.63) is 70.3 Å². The van der Waals surface area contributed by atoms with E-state index in [-0.39, 0.29) is 11.3 Å². The van der Waals surface area contributed by atoms with E-state index >= 15 is 0 Å². The molecule has 2 aromatic carbocycles. The van der Waals surface area contributed by atoms with Crippen LogP contribution in [0.3, 0.4) is 0 Å². The van der Waals surface area contributed by atoms with Gasteiger partial charge >= 0.3 is 5.97 Å². The molecule has 2 N–H and O–H groups in total. The summed E-state index contributed by atoms with van der Waals surface area (Å²) in [7, 11) is 0. The van der Waals surface area contributed by atoms with Gasteiger partial charge in [0.15, 0.2) is 11.6 Å². The van der Waals surface area contributed by atoms with E-state index in [1.807, 2.05) is 18.2 Å². The summed E-state index contributed by atoms with van der Waals surface area (Å²) in [4.78, 5) is 33.2. The summed E-state index contributed by atoms with van der Waals surface area (Å²) in [5.74, 6) is -0.573. The predicted octanol–water partition coefficient (Wildman–Crippen LogP) is 4.59. The number of nitrogens with one attached hydrogen (secondary N) is 1. The van der Waals surface area contributed by atoms with Crippen LogP contribution < -0.4 is 15.1 Å². The molecule has 1 saturated heterocycles. The number of piperazine rings is 1. The first-order valence-electron chi connectivity index (χ1n) is 10.9. The lowest BCUT2D eigenvalue weighted by molar-refractivity contribution is 0.0696. The number of hydrogen-bond acceptors (Lipinski definition) is 6. The Morgan fingerprint density at radius 1 is 1.03 bits per heavy atom. The fourth-order valence-electron chi connectivity index (χ4n) is 4.04. The number of oxazole rings is 1. The second-order valence-corrected chi connectivity index (χ2v) is 9.12. The lowest BCUT2D eigenvalue weighted by Gasteiger charge is -2.38. The van der Waals surface area contributed by atoms with E-state index in [1.165, 1.54) is 12.3 Å². The number of carbonyl (C=O) groups excluding carboxylic acids is 1. The highest BCUT2D eigenvalue weighted by Crippen LogP contribution is 2.39. The molecule has 1 aliphatic heterocycles. The van der Waals surface area contributed by atoms with Crippen LogP contribution >= 0.6 is 15.9 Å².